The van der Waals surface area contributed by atoms with Crippen molar-refractivity contribution in [1.29, 1.82) is 0 Å². The molecule has 6 nitrogen and oxygen atoms in total. The Morgan fingerprint density at radius 1 is 0.958 bits per heavy atom. The number of carbonyl (C=O) groups is 1. The molecule has 0 aliphatic heterocycles. The predicted octanol–water partition coefficient (Wildman–Crippen LogP) is 2.59. The van der Waals surface area contributed by atoms with Gasteiger partial charge in [0.15, 0.2) is 0 Å². The molecule has 0 atom stereocenters. The van der Waals surface area contributed by atoms with Gasteiger partial charge in [-0.05, 0) is 29.8 Å². The van der Waals surface area contributed by atoms with Crippen molar-refractivity contribution < 1.29 is 19.0 Å². The number of amides is 1. The fourth-order valence-corrected chi connectivity index (χ4v) is 1.88. The highest BCUT2D eigenvalue weighted by atomic mass is 16.5. The average Bonchev–Trinajstić information content (AvgIpc) is 2.61. The quantitative estimate of drug-likeness (QED) is 0.545. The molecule has 128 valence electrons. The number of nitrogens with one attached hydrogen (secondary N) is 1. The molecule has 2 rings (SSSR count). The van der Waals surface area contributed by atoms with Gasteiger partial charge in [-0.1, -0.05) is 30.3 Å². The molecule has 2 aromatic carbocycles. The molecule has 0 radical (unpaired) electrons. The highest BCUT2D eigenvalue weighted by molar-refractivity contribution is 5.67. The van der Waals surface area contributed by atoms with Crippen molar-refractivity contribution in [3.8, 4) is 5.75 Å². The van der Waals surface area contributed by atoms with Gasteiger partial charge < -0.3 is 25.3 Å². The summed E-state index contributed by atoms with van der Waals surface area (Å²) < 4.78 is 15.9. The Balaban J connectivity index is 1.46. The maximum Gasteiger partial charge on any atom is 0.407 e. The van der Waals surface area contributed by atoms with Gasteiger partial charge in [0.2, 0.25) is 0 Å². The average molecular weight is 330 g/mol. The van der Waals surface area contributed by atoms with Crippen LogP contribution in [0.15, 0.2) is 54.6 Å². The van der Waals surface area contributed by atoms with Crippen molar-refractivity contribution >= 4 is 11.8 Å². The standard InChI is InChI=1S/C18H22N2O4/c19-16-6-8-17(9-7-16)23-13-12-22-11-10-20-18(21)24-14-15-4-2-1-3-5-15/h1-9H,10-14,19H2,(H,20,21). The maximum absolute atomic E-state index is 11.5. The molecule has 0 bridgehead atoms. The molecule has 0 spiro atoms. The van der Waals surface area contributed by atoms with E-state index >= 15 is 0 Å². The Morgan fingerprint density at radius 2 is 1.71 bits per heavy atom. The molecule has 1 amide bonds. The highest BCUT2D eigenvalue weighted by Crippen LogP contribution is 2.12. The Bertz CT molecular complexity index is 602. The zero-order valence-corrected chi connectivity index (χ0v) is 13.4. The summed E-state index contributed by atoms with van der Waals surface area (Å²) in [7, 11) is 0. The van der Waals surface area contributed by atoms with Crippen LogP contribution in [0.1, 0.15) is 5.56 Å². The first-order valence-electron chi connectivity index (χ1n) is 7.74. The lowest BCUT2D eigenvalue weighted by Gasteiger charge is -2.09. The lowest BCUT2D eigenvalue weighted by molar-refractivity contribution is 0.0966. The zero-order chi connectivity index (χ0) is 17.0. The van der Waals surface area contributed by atoms with Crippen LogP contribution in [0.2, 0.25) is 0 Å². The number of alkyl carbamates (subject to hydrolysis) is 1. The number of hydrogen-bond acceptors (Lipinski definition) is 5. The number of carbonyl (C=O) groups excluding carboxylic acids is 1. The van der Waals surface area contributed by atoms with Crippen LogP contribution < -0.4 is 15.8 Å². The Morgan fingerprint density at radius 3 is 2.46 bits per heavy atom. The minimum Gasteiger partial charge on any atom is -0.491 e. The topological polar surface area (TPSA) is 82.8 Å². The van der Waals surface area contributed by atoms with Crippen molar-refractivity contribution in [3.63, 3.8) is 0 Å². The van der Waals surface area contributed by atoms with Gasteiger partial charge in [-0.25, -0.2) is 4.79 Å². The summed E-state index contributed by atoms with van der Waals surface area (Å²) in [5.74, 6) is 0.746. The Labute approximate surface area is 141 Å². The van der Waals surface area contributed by atoms with E-state index in [9.17, 15) is 4.79 Å². The first-order valence-corrected chi connectivity index (χ1v) is 7.74. The van der Waals surface area contributed by atoms with Crippen LogP contribution in [0.3, 0.4) is 0 Å². The fraction of sp³-hybridized carbons (Fsp3) is 0.278. The zero-order valence-electron chi connectivity index (χ0n) is 13.4. The van der Waals surface area contributed by atoms with Crippen molar-refractivity contribution in [2.75, 3.05) is 32.1 Å². The second-order valence-corrected chi connectivity index (χ2v) is 5.02. The van der Waals surface area contributed by atoms with Gasteiger partial charge in [0, 0.05) is 12.2 Å². The second-order valence-electron chi connectivity index (χ2n) is 5.02. The van der Waals surface area contributed by atoms with E-state index in [1.54, 1.807) is 24.3 Å². The summed E-state index contributed by atoms with van der Waals surface area (Å²) in [5.41, 5.74) is 7.24. The van der Waals surface area contributed by atoms with Gasteiger partial charge in [-0.3, -0.25) is 0 Å². The fourth-order valence-electron chi connectivity index (χ4n) is 1.88. The molecule has 24 heavy (non-hydrogen) atoms. The number of rotatable bonds is 9. The molecular weight excluding hydrogens is 308 g/mol. The third-order valence-electron chi connectivity index (χ3n) is 3.10. The molecule has 0 fully saturated rings. The number of nitrogens with two attached hydrogens (primary N) is 1. The van der Waals surface area contributed by atoms with Crippen LogP contribution in [0.4, 0.5) is 10.5 Å². The van der Waals surface area contributed by atoms with E-state index in [1.807, 2.05) is 30.3 Å². The molecule has 6 heteroatoms. The van der Waals surface area contributed by atoms with Gasteiger partial charge in [0.25, 0.3) is 0 Å². The number of anilines is 1. The van der Waals surface area contributed by atoms with Crippen LogP contribution >= 0.6 is 0 Å². The van der Waals surface area contributed by atoms with Crippen LogP contribution in [-0.4, -0.2) is 32.5 Å². The van der Waals surface area contributed by atoms with E-state index in [-0.39, 0.29) is 6.61 Å². The lowest BCUT2D eigenvalue weighted by Crippen LogP contribution is -2.28. The monoisotopic (exact) mass is 330 g/mol. The van der Waals surface area contributed by atoms with Gasteiger partial charge in [0.1, 0.15) is 19.0 Å². The smallest absolute Gasteiger partial charge is 0.407 e. The first kappa shape index (κ1) is 17.6. The predicted molar refractivity (Wildman–Crippen MR) is 91.8 cm³/mol. The van der Waals surface area contributed by atoms with E-state index in [0.29, 0.717) is 32.1 Å². The number of ether oxygens (including phenoxy) is 3. The van der Waals surface area contributed by atoms with Gasteiger partial charge in [0.05, 0.1) is 13.2 Å². The third-order valence-corrected chi connectivity index (χ3v) is 3.10. The Hall–Kier alpha value is -2.73. The van der Waals surface area contributed by atoms with E-state index < -0.39 is 6.09 Å². The van der Waals surface area contributed by atoms with Gasteiger partial charge >= 0.3 is 6.09 Å². The van der Waals surface area contributed by atoms with Crippen LogP contribution in [0.5, 0.6) is 5.75 Å². The van der Waals surface area contributed by atoms with Crippen molar-refractivity contribution in [1.82, 2.24) is 5.32 Å². The molecule has 0 aromatic heterocycles. The van der Waals surface area contributed by atoms with Crippen LogP contribution in [0.25, 0.3) is 0 Å². The van der Waals surface area contributed by atoms with E-state index in [2.05, 4.69) is 5.32 Å². The molecule has 3 N–H and O–H groups in total. The summed E-state index contributed by atoms with van der Waals surface area (Å²) in [4.78, 5) is 11.5. The first-order chi connectivity index (χ1) is 11.7. The minimum atomic E-state index is -0.458. The lowest BCUT2D eigenvalue weighted by atomic mass is 10.2. The summed E-state index contributed by atoms with van der Waals surface area (Å²) in [6.45, 7) is 1.90. The van der Waals surface area contributed by atoms with E-state index in [1.165, 1.54) is 0 Å². The normalized spacial score (nSPS) is 10.2. The van der Waals surface area contributed by atoms with Gasteiger partial charge in [-0.2, -0.15) is 0 Å². The molecule has 2 aromatic rings. The minimum absolute atomic E-state index is 0.253. The van der Waals surface area contributed by atoms with Crippen LogP contribution in [-0.2, 0) is 16.1 Å². The van der Waals surface area contributed by atoms with Crippen molar-refractivity contribution in [2.24, 2.45) is 0 Å². The number of benzene rings is 2. The highest BCUT2D eigenvalue weighted by Gasteiger charge is 2.01. The largest absolute Gasteiger partial charge is 0.491 e. The molecular formula is C18H22N2O4. The van der Waals surface area contributed by atoms with Crippen molar-refractivity contribution in [2.45, 2.75) is 6.61 Å². The van der Waals surface area contributed by atoms with Gasteiger partial charge in [-0.15, -0.1) is 0 Å². The summed E-state index contributed by atoms with van der Waals surface area (Å²) in [5, 5.41) is 2.63. The molecule has 0 aliphatic rings. The van der Waals surface area contributed by atoms with Crippen molar-refractivity contribution in [3.05, 3.63) is 60.2 Å². The third kappa shape index (κ3) is 7.02. The summed E-state index contributed by atoms with van der Waals surface area (Å²) in [6, 6.07) is 16.7. The molecule has 0 saturated heterocycles. The number of nitrogen functional groups attached to an aromatic ring is 1. The maximum atomic E-state index is 11.5. The molecule has 0 unspecified atom stereocenters. The van der Waals surface area contributed by atoms with E-state index in [0.717, 1.165) is 11.3 Å². The Kier molecular flexibility index (Phi) is 7.43. The molecule has 0 saturated carbocycles. The van der Waals surface area contributed by atoms with E-state index in [4.69, 9.17) is 19.9 Å². The molecule has 0 aliphatic carbocycles. The second kappa shape index (κ2) is 10.1. The van der Waals surface area contributed by atoms with Crippen LogP contribution in [0, 0.1) is 0 Å². The SMILES string of the molecule is Nc1ccc(OCCOCCNC(=O)OCc2ccccc2)cc1. The molecule has 0 heterocycles. The summed E-state index contributed by atoms with van der Waals surface area (Å²) in [6.07, 6.45) is -0.458. The summed E-state index contributed by atoms with van der Waals surface area (Å²) >= 11 is 0. The number of hydrogen-bond donors (Lipinski definition) is 2.